The largest absolute Gasteiger partial charge is 0.399 e. The molecule has 1 heterocycles. The van der Waals surface area contributed by atoms with Crippen molar-refractivity contribution in [3.8, 4) is 0 Å². The van der Waals surface area contributed by atoms with E-state index in [0.717, 1.165) is 12.0 Å². The normalized spacial score (nSPS) is 10.4. The van der Waals surface area contributed by atoms with Crippen LogP contribution in [-0.4, -0.2) is 5.91 Å². The Bertz CT molecular complexity index is 590. The van der Waals surface area contributed by atoms with Crippen LogP contribution in [-0.2, 0) is 13.0 Å². The lowest BCUT2D eigenvalue weighted by atomic mass is 10.1. The molecule has 0 unspecified atom stereocenters. The Balaban J connectivity index is 2.03. The molecule has 3 N–H and O–H groups in total. The average molecular weight is 274 g/mol. The van der Waals surface area contributed by atoms with Gasteiger partial charge in [0.05, 0.1) is 6.54 Å². The van der Waals surface area contributed by atoms with Crippen molar-refractivity contribution in [2.45, 2.75) is 26.8 Å². The zero-order valence-corrected chi connectivity index (χ0v) is 12.0. The summed E-state index contributed by atoms with van der Waals surface area (Å²) >= 11 is 1.74. The van der Waals surface area contributed by atoms with Crippen LogP contribution in [0.1, 0.15) is 32.6 Å². The zero-order valence-electron chi connectivity index (χ0n) is 11.2. The summed E-state index contributed by atoms with van der Waals surface area (Å²) in [6.45, 7) is 4.61. The molecular weight excluding hydrogens is 256 g/mol. The second-order valence-electron chi connectivity index (χ2n) is 4.48. The van der Waals surface area contributed by atoms with Crippen LogP contribution >= 0.6 is 11.3 Å². The Labute approximate surface area is 117 Å². The Hall–Kier alpha value is -1.81. The van der Waals surface area contributed by atoms with Gasteiger partial charge in [-0.2, -0.15) is 0 Å². The van der Waals surface area contributed by atoms with E-state index in [0.29, 0.717) is 17.8 Å². The summed E-state index contributed by atoms with van der Waals surface area (Å²) in [5.74, 6) is -0.0729. The van der Waals surface area contributed by atoms with Crippen molar-refractivity contribution < 1.29 is 4.79 Å². The number of hydrogen-bond donors (Lipinski definition) is 2. The molecular formula is C15H18N2OS. The van der Waals surface area contributed by atoms with Crippen LogP contribution < -0.4 is 11.1 Å². The lowest BCUT2D eigenvalue weighted by molar-refractivity contribution is 0.0950. The summed E-state index contributed by atoms with van der Waals surface area (Å²) in [4.78, 5) is 14.6. The SMILES string of the molecule is CCc1ccc(CNC(=O)c2cc(N)ccc2C)s1. The Morgan fingerprint density at radius 3 is 2.68 bits per heavy atom. The fourth-order valence-electron chi connectivity index (χ4n) is 1.85. The quantitative estimate of drug-likeness (QED) is 0.842. The van der Waals surface area contributed by atoms with E-state index >= 15 is 0 Å². The van der Waals surface area contributed by atoms with Crippen molar-refractivity contribution in [2.24, 2.45) is 0 Å². The molecule has 0 aliphatic heterocycles. The number of carbonyl (C=O) groups excluding carboxylic acids is 1. The van der Waals surface area contributed by atoms with E-state index < -0.39 is 0 Å². The predicted molar refractivity (Wildman–Crippen MR) is 80.5 cm³/mol. The second kappa shape index (κ2) is 5.89. The third-order valence-corrected chi connectivity index (χ3v) is 4.22. The van der Waals surface area contributed by atoms with Crippen LogP contribution in [0.5, 0.6) is 0 Å². The highest BCUT2D eigenvalue weighted by molar-refractivity contribution is 7.11. The van der Waals surface area contributed by atoms with Crippen molar-refractivity contribution in [3.63, 3.8) is 0 Å². The van der Waals surface area contributed by atoms with E-state index in [4.69, 9.17) is 5.73 Å². The van der Waals surface area contributed by atoms with Crippen LogP contribution in [0.3, 0.4) is 0 Å². The van der Waals surface area contributed by atoms with Crippen molar-refractivity contribution >= 4 is 22.9 Å². The van der Waals surface area contributed by atoms with Crippen LogP contribution in [0.2, 0.25) is 0 Å². The molecule has 3 nitrogen and oxygen atoms in total. The van der Waals surface area contributed by atoms with E-state index in [-0.39, 0.29) is 5.91 Å². The summed E-state index contributed by atoms with van der Waals surface area (Å²) in [6.07, 6.45) is 1.03. The molecule has 0 saturated carbocycles. The van der Waals surface area contributed by atoms with Crippen molar-refractivity contribution in [1.82, 2.24) is 5.32 Å². The molecule has 0 aliphatic carbocycles. The summed E-state index contributed by atoms with van der Waals surface area (Å²) in [5.41, 5.74) is 7.91. The maximum absolute atomic E-state index is 12.1. The Kier molecular flexibility index (Phi) is 4.22. The van der Waals surface area contributed by atoms with Gasteiger partial charge in [-0.05, 0) is 43.2 Å². The number of hydrogen-bond acceptors (Lipinski definition) is 3. The number of rotatable bonds is 4. The summed E-state index contributed by atoms with van der Waals surface area (Å²) in [5, 5.41) is 2.94. The zero-order chi connectivity index (χ0) is 13.8. The van der Waals surface area contributed by atoms with Gasteiger partial charge < -0.3 is 11.1 Å². The summed E-state index contributed by atoms with van der Waals surface area (Å²) in [7, 11) is 0. The van der Waals surface area contributed by atoms with Crippen molar-refractivity contribution in [3.05, 3.63) is 51.2 Å². The molecule has 2 rings (SSSR count). The minimum absolute atomic E-state index is 0.0729. The highest BCUT2D eigenvalue weighted by Crippen LogP contribution is 2.17. The molecule has 0 fully saturated rings. The summed E-state index contributed by atoms with van der Waals surface area (Å²) in [6, 6.07) is 9.56. The van der Waals surface area contributed by atoms with E-state index in [1.165, 1.54) is 9.75 Å². The molecule has 2 aromatic rings. The molecule has 4 heteroatoms. The highest BCUT2D eigenvalue weighted by Gasteiger charge is 2.09. The predicted octanol–water partition coefficient (Wildman–Crippen LogP) is 3.13. The van der Waals surface area contributed by atoms with Gasteiger partial charge in [0.25, 0.3) is 5.91 Å². The third-order valence-electron chi connectivity index (χ3n) is 3.00. The smallest absolute Gasteiger partial charge is 0.251 e. The first-order chi connectivity index (χ1) is 9.10. The number of carbonyl (C=O) groups is 1. The molecule has 0 spiro atoms. The standard InChI is InChI=1S/C15H18N2OS/c1-3-12-6-7-13(19-12)9-17-15(18)14-8-11(16)5-4-10(14)2/h4-8H,3,9,16H2,1-2H3,(H,17,18). The number of nitrogens with two attached hydrogens (primary N) is 1. The van der Waals surface area contributed by atoms with Gasteiger partial charge >= 0.3 is 0 Å². The average Bonchev–Trinajstić information content (AvgIpc) is 2.87. The van der Waals surface area contributed by atoms with E-state index in [1.807, 2.05) is 13.0 Å². The Morgan fingerprint density at radius 2 is 2.00 bits per heavy atom. The van der Waals surface area contributed by atoms with Gasteiger partial charge in [-0.25, -0.2) is 0 Å². The van der Waals surface area contributed by atoms with Gasteiger partial charge in [0.15, 0.2) is 0 Å². The number of nitrogens with one attached hydrogen (secondary N) is 1. The molecule has 1 amide bonds. The number of thiophene rings is 1. The molecule has 1 aromatic carbocycles. The van der Waals surface area contributed by atoms with E-state index in [9.17, 15) is 4.79 Å². The van der Waals surface area contributed by atoms with Crippen LogP contribution in [0, 0.1) is 6.92 Å². The minimum Gasteiger partial charge on any atom is -0.399 e. The Morgan fingerprint density at radius 1 is 1.26 bits per heavy atom. The van der Waals surface area contributed by atoms with Crippen molar-refractivity contribution in [1.29, 1.82) is 0 Å². The van der Waals surface area contributed by atoms with Crippen LogP contribution in [0.25, 0.3) is 0 Å². The number of anilines is 1. The number of amides is 1. The number of nitrogen functional groups attached to an aromatic ring is 1. The van der Waals surface area contributed by atoms with Gasteiger partial charge in [0.1, 0.15) is 0 Å². The van der Waals surface area contributed by atoms with E-state index in [1.54, 1.807) is 23.5 Å². The maximum atomic E-state index is 12.1. The topological polar surface area (TPSA) is 55.1 Å². The maximum Gasteiger partial charge on any atom is 0.251 e. The highest BCUT2D eigenvalue weighted by atomic mass is 32.1. The molecule has 0 aliphatic rings. The first kappa shape index (κ1) is 13.6. The lowest BCUT2D eigenvalue weighted by Crippen LogP contribution is -2.23. The third kappa shape index (κ3) is 3.35. The minimum atomic E-state index is -0.0729. The van der Waals surface area contributed by atoms with Gasteiger partial charge in [0.2, 0.25) is 0 Å². The van der Waals surface area contributed by atoms with Crippen LogP contribution in [0.15, 0.2) is 30.3 Å². The van der Waals surface area contributed by atoms with Gasteiger partial charge in [-0.15, -0.1) is 11.3 Å². The van der Waals surface area contributed by atoms with Crippen LogP contribution in [0.4, 0.5) is 5.69 Å². The monoisotopic (exact) mass is 274 g/mol. The molecule has 0 bridgehead atoms. The molecule has 100 valence electrons. The number of aryl methyl sites for hydroxylation is 2. The first-order valence-corrected chi connectivity index (χ1v) is 7.13. The fraction of sp³-hybridized carbons (Fsp3) is 0.267. The summed E-state index contributed by atoms with van der Waals surface area (Å²) < 4.78 is 0. The molecule has 1 aromatic heterocycles. The van der Waals surface area contributed by atoms with Crippen molar-refractivity contribution in [2.75, 3.05) is 5.73 Å². The second-order valence-corrected chi connectivity index (χ2v) is 5.73. The molecule has 0 radical (unpaired) electrons. The first-order valence-electron chi connectivity index (χ1n) is 6.32. The van der Waals surface area contributed by atoms with Gasteiger partial charge in [-0.1, -0.05) is 13.0 Å². The number of benzene rings is 1. The lowest BCUT2D eigenvalue weighted by Gasteiger charge is -2.07. The fourth-order valence-corrected chi connectivity index (χ4v) is 2.75. The molecule has 19 heavy (non-hydrogen) atoms. The van der Waals surface area contributed by atoms with E-state index in [2.05, 4.69) is 24.4 Å². The van der Waals surface area contributed by atoms with Gasteiger partial charge in [-0.3, -0.25) is 4.79 Å². The molecule has 0 atom stereocenters. The van der Waals surface area contributed by atoms with Gasteiger partial charge in [0, 0.05) is 21.0 Å². The molecule has 0 saturated heterocycles.